The van der Waals surface area contributed by atoms with Crippen LogP contribution in [0.25, 0.3) is 0 Å². The molecule has 0 N–H and O–H groups in total. The minimum Gasteiger partial charge on any atom is -0.376 e. The van der Waals surface area contributed by atoms with Gasteiger partial charge in [-0.25, -0.2) is 0 Å². The van der Waals surface area contributed by atoms with Gasteiger partial charge < -0.3 is 4.74 Å². The number of rotatable bonds is 10. The smallest absolute Gasteiger partial charge is 0.112 e. The first kappa shape index (κ1) is 22.5. The Kier molecular flexibility index (Phi) is 7.88. The molecule has 2 heteroatoms. The fourth-order valence-electron chi connectivity index (χ4n) is 4.42. The summed E-state index contributed by atoms with van der Waals surface area (Å²) < 4.78 is 6.24. The highest BCUT2D eigenvalue weighted by Gasteiger charge is 2.46. The monoisotopic (exact) mass is 439 g/mol. The van der Waals surface area contributed by atoms with Gasteiger partial charge in [0.05, 0.1) is 19.4 Å². The Bertz CT molecular complexity index is 952. The lowest BCUT2D eigenvalue weighted by Crippen LogP contribution is -2.36. The van der Waals surface area contributed by atoms with E-state index in [-0.39, 0.29) is 0 Å². The molecule has 1 nitrogen and oxygen atoms in total. The SMILES string of the molecule is CCC(COCc1ccccc1)C[P+](c1ccccc1)(c1ccccc1)c1ccccc1. The summed E-state index contributed by atoms with van der Waals surface area (Å²) in [6, 6.07) is 43.9. The van der Waals surface area contributed by atoms with Crippen LogP contribution < -0.4 is 15.9 Å². The molecule has 162 valence electrons. The molecule has 4 rings (SSSR count). The summed E-state index contributed by atoms with van der Waals surface area (Å²) in [4.78, 5) is 0. The van der Waals surface area contributed by atoms with E-state index in [0.29, 0.717) is 12.5 Å². The molecule has 0 saturated carbocycles. The van der Waals surface area contributed by atoms with E-state index in [9.17, 15) is 0 Å². The standard InChI is InChI=1S/C30H32OP/c1-2-26(23-31-24-27-15-7-3-8-16-27)25-32(28-17-9-4-10-18-28,29-19-11-5-12-20-29)30-21-13-6-14-22-30/h3-22,26H,2,23-25H2,1H3/q+1. The van der Waals surface area contributed by atoms with Gasteiger partial charge in [-0.15, -0.1) is 0 Å². The third-order valence-corrected chi connectivity index (χ3v) is 10.8. The molecule has 0 aliphatic heterocycles. The van der Waals surface area contributed by atoms with Gasteiger partial charge in [0, 0.05) is 5.92 Å². The largest absolute Gasteiger partial charge is 0.376 e. The molecule has 32 heavy (non-hydrogen) atoms. The zero-order valence-corrected chi connectivity index (χ0v) is 19.7. The van der Waals surface area contributed by atoms with E-state index in [0.717, 1.165) is 19.2 Å². The van der Waals surface area contributed by atoms with Crippen molar-refractivity contribution in [2.24, 2.45) is 5.92 Å². The minimum atomic E-state index is -1.82. The normalized spacial score (nSPS) is 12.4. The van der Waals surface area contributed by atoms with Gasteiger partial charge in [-0.1, -0.05) is 91.9 Å². The van der Waals surface area contributed by atoms with Crippen molar-refractivity contribution in [3.63, 3.8) is 0 Å². The summed E-state index contributed by atoms with van der Waals surface area (Å²) in [5.41, 5.74) is 1.23. The Morgan fingerprint density at radius 3 is 1.41 bits per heavy atom. The van der Waals surface area contributed by atoms with E-state index >= 15 is 0 Å². The molecule has 0 amide bonds. The van der Waals surface area contributed by atoms with Gasteiger partial charge in [-0.05, 0) is 48.4 Å². The summed E-state index contributed by atoms with van der Waals surface area (Å²) in [6.45, 7) is 3.75. The van der Waals surface area contributed by atoms with Crippen molar-refractivity contribution in [2.75, 3.05) is 12.8 Å². The second kappa shape index (κ2) is 11.2. The first-order chi connectivity index (χ1) is 15.8. The first-order valence-corrected chi connectivity index (χ1v) is 13.5. The van der Waals surface area contributed by atoms with Gasteiger partial charge in [0.15, 0.2) is 0 Å². The van der Waals surface area contributed by atoms with Crippen molar-refractivity contribution >= 4 is 23.2 Å². The van der Waals surface area contributed by atoms with Crippen molar-refractivity contribution in [2.45, 2.75) is 20.0 Å². The molecule has 0 aliphatic rings. The van der Waals surface area contributed by atoms with Crippen LogP contribution in [0.15, 0.2) is 121 Å². The molecule has 0 heterocycles. The van der Waals surface area contributed by atoms with Gasteiger partial charge in [0.2, 0.25) is 0 Å². The lowest BCUT2D eigenvalue weighted by molar-refractivity contribution is 0.0920. The minimum absolute atomic E-state index is 0.479. The topological polar surface area (TPSA) is 9.23 Å². The Balaban J connectivity index is 1.70. The fraction of sp³-hybridized carbons (Fsp3) is 0.200. The van der Waals surface area contributed by atoms with Crippen molar-refractivity contribution in [1.82, 2.24) is 0 Å². The van der Waals surface area contributed by atoms with Crippen molar-refractivity contribution in [3.05, 3.63) is 127 Å². The Morgan fingerprint density at radius 1 is 0.594 bits per heavy atom. The Labute approximate surface area is 193 Å². The Morgan fingerprint density at radius 2 is 1.00 bits per heavy atom. The molecule has 0 radical (unpaired) electrons. The second-order valence-electron chi connectivity index (χ2n) is 8.27. The lowest BCUT2D eigenvalue weighted by Gasteiger charge is -2.31. The average molecular weight is 440 g/mol. The van der Waals surface area contributed by atoms with Crippen LogP contribution in [0.2, 0.25) is 0 Å². The summed E-state index contributed by atoms with van der Waals surface area (Å²) in [5, 5.41) is 4.33. The van der Waals surface area contributed by atoms with Gasteiger partial charge >= 0.3 is 0 Å². The van der Waals surface area contributed by atoms with E-state index in [4.69, 9.17) is 4.74 Å². The van der Waals surface area contributed by atoms with Crippen LogP contribution in [-0.2, 0) is 11.3 Å². The molecular weight excluding hydrogens is 407 g/mol. The lowest BCUT2D eigenvalue weighted by atomic mass is 10.1. The summed E-state index contributed by atoms with van der Waals surface area (Å²) >= 11 is 0. The first-order valence-electron chi connectivity index (χ1n) is 11.5. The van der Waals surface area contributed by atoms with E-state index in [2.05, 4.69) is 128 Å². The maximum absolute atomic E-state index is 6.24. The van der Waals surface area contributed by atoms with Crippen LogP contribution in [0.3, 0.4) is 0 Å². The van der Waals surface area contributed by atoms with E-state index in [1.807, 2.05) is 0 Å². The molecule has 4 aromatic carbocycles. The zero-order valence-electron chi connectivity index (χ0n) is 18.8. The molecule has 1 unspecified atom stereocenters. The number of hydrogen-bond donors (Lipinski definition) is 0. The highest BCUT2D eigenvalue weighted by atomic mass is 31.2. The molecular formula is C30H32OP+. The van der Waals surface area contributed by atoms with Gasteiger partial charge in [0.25, 0.3) is 0 Å². The van der Waals surface area contributed by atoms with Gasteiger partial charge in [-0.2, -0.15) is 0 Å². The van der Waals surface area contributed by atoms with Crippen LogP contribution in [-0.4, -0.2) is 12.8 Å². The van der Waals surface area contributed by atoms with Crippen LogP contribution in [0, 0.1) is 5.92 Å². The van der Waals surface area contributed by atoms with Crippen molar-refractivity contribution in [3.8, 4) is 0 Å². The Hall–Kier alpha value is -2.73. The number of hydrogen-bond acceptors (Lipinski definition) is 1. The highest BCUT2D eigenvalue weighted by Crippen LogP contribution is 2.56. The third-order valence-electron chi connectivity index (χ3n) is 6.17. The predicted molar refractivity (Wildman–Crippen MR) is 140 cm³/mol. The van der Waals surface area contributed by atoms with Crippen molar-refractivity contribution in [1.29, 1.82) is 0 Å². The third kappa shape index (κ3) is 5.18. The zero-order chi connectivity index (χ0) is 22.1. The molecule has 4 aromatic rings. The highest BCUT2D eigenvalue weighted by molar-refractivity contribution is 7.95. The summed E-state index contributed by atoms with van der Waals surface area (Å²) in [7, 11) is -1.82. The van der Waals surface area contributed by atoms with Crippen LogP contribution >= 0.6 is 7.26 Å². The second-order valence-corrected chi connectivity index (χ2v) is 11.8. The van der Waals surface area contributed by atoms with Gasteiger partial charge in [-0.3, -0.25) is 0 Å². The molecule has 0 spiro atoms. The van der Waals surface area contributed by atoms with Crippen LogP contribution in [0.5, 0.6) is 0 Å². The molecule has 0 fully saturated rings. The molecule has 1 atom stereocenters. The van der Waals surface area contributed by atoms with Crippen LogP contribution in [0.1, 0.15) is 18.9 Å². The molecule has 0 aliphatic carbocycles. The maximum atomic E-state index is 6.24. The number of benzene rings is 4. The number of ether oxygens (including phenoxy) is 1. The van der Waals surface area contributed by atoms with E-state index in [1.54, 1.807) is 0 Å². The quantitative estimate of drug-likeness (QED) is 0.266. The summed E-state index contributed by atoms with van der Waals surface area (Å²) in [5.74, 6) is 0.479. The molecule has 0 saturated heterocycles. The van der Waals surface area contributed by atoms with E-state index < -0.39 is 7.26 Å². The van der Waals surface area contributed by atoms with Crippen LogP contribution in [0.4, 0.5) is 0 Å². The molecule has 0 aromatic heterocycles. The average Bonchev–Trinajstić information content (AvgIpc) is 2.88. The van der Waals surface area contributed by atoms with Crippen molar-refractivity contribution < 1.29 is 4.74 Å². The summed E-state index contributed by atoms with van der Waals surface area (Å²) in [6.07, 6.45) is 2.21. The fourth-order valence-corrected chi connectivity index (χ4v) is 9.12. The molecule has 0 bridgehead atoms. The maximum Gasteiger partial charge on any atom is 0.112 e. The predicted octanol–water partition coefficient (Wildman–Crippen LogP) is 6.22. The van der Waals surface area contributed by atoms with E-state index in [1.165, 1.54) is 21.5 Å². The van der Waals surface area contributed by atoms with Gasteiger partial charge in [0.1, 0.15) is 23.2 Å².